The van der Waals surface area contributed by atoms with E-state index in [1.807, 2.05) is 0 Å². The van der Waals surface area contributed by atoms with Crippen LogP contribution in [0.1, 0.15) is 18.9 Å². The molecule has 0 spiro atoms. The summed E-state index contributed by atoms with van der Waals surface area (Å²) in [5, 5.41) is 30.5. The lowest BCUT2D eigenvalue weighted by Crippen LogP contribution is -2.48. The molecule has 0 unspecified atom stereocenters. The molecule has 2 heterocycles. The van der Waals surface area contributed by atoms with E-state index in [0.717, 1.165) is 6.42 Å². The number of nitrogens with two attached hydrogens (primary N) is 1. The number of aliphatic hydroxyl groups is 3. The number of anilines is 1. The molecule has 8 nitrogen and oxygen atoms in total. The van der Waals surface area contributed by atoms with Crippen LogP contribution in [0.3, 0.4) is 0 Å². The number of hydrogen-bond acceptors (Lipinski definition) is 7. The zero-order chi connectivity index (χ0) is 15.6. The first-order valence-corrected chi connectivity index (χ1v) is 7.50. The minimum absolute atomic E-state index is 0.00168. The predicted molar refractivity (Wildman–Crippen MR) is 78.0 cm³/mol. The van der Waals surface area contributed by atoms with Crippen molar-refractivity contribution in [3.8, 4) is 0 Å². The monoisotopic (exact) mass is 325 g/mol. The second-order valence-corrected chi connectivity index (χ2v) is 6.50. The predicted octanol–water partition coefficient (Wildman–Crippen LogP) is -0.273. The van der Waals surface area contributed by atoms with E-state index in [1.54, 1.807) is 4.57 Å². The van der Waals surface area contributed by atoms with Gasteiger partial charge in [-0.1, -0.05) is 0 Å². The second-order valence-electron chi connectivity index (χ2n) is 6.16. The molecule has 2 fully saturated rings. The van der Waals surface area contributed by atoms with E-state index < -0.39 is 23.7 Å². The van der Waals surface area contributed by atoms with Crippen molar-refractivity contribution in [3.05, 3.63) is 11.6 Å². The van der Waals surface area contributed by atoms with Gasteiger partial charge in [0, 0.05) is 5.41 Å². The molecule has 5 atom stereocenters. The van der Waals surface area contributed by atoms with E-state index in [1.165, 1.54) is 6.33 Å². The van der Waals surface area contributed by atoms with Crippen molar-refractivity contribution in [2.45, 2.75) is 31.1 Å². The Morgan fingerprint density at radius 3 is 2.77 bits per heavy atom. The van der Waals surface area contributed by atoms with Gasteiger partial charge in [-0.25, -0.2) is 4.98 Å². The average Bonchev–Trinajstić information content (AvgIpc) is 2.92. The highest BCUT2D eigenvalue weighted by molar-refractivity contribution is 6.28. The number of aliphatic hydroxyl groups excluding tert-OH is 3. The molecule has 2 aromatic rings. The average molecular weight is 326 g/mol. The number of fused-ring (bicyclic) bond motifs is 2. The lowest BCUT2D eigenvalue weighted by Gasteiger charge is -2.46. The van der Waals surface area contributed by atoms with Crippen molar-refractivity contribution in [3.63, 3.8) is 0 Å². The van der Waals surface area contributed by atoms with Gasteiger partial charge in [0.15, 0.2) is 11.5 Å². The number of nitrogens with zero attached hydrogens (tertiary/aromatic N) is 4. The minimum Gasteiger partial charge on any atom is -0.396 e. The molecule has 2 aromatic heterocycles. The van der Waals surface area contributed by atoms with Crippen molar-refractivity contribution < 1.29 is 15.3 Å². The summed E-state index contributed by atoms with van der Waals surface area (Å²) in [6.45, 7) is -0.156. The molecular formula is C13H16ClN5O3. The molecule has 22 heavy (non-hydrogen) atoms. The summed E-state index contributed by atoms with van der Waals surface area (Å²) in [4.78, 5) is 12.2. The number of imidazole rings is 1. The SMILES string of the molecule is Nc1nc(Cl)nc2c1ncn2[C@H]1[C@H](O)[C@H](O)[C@]2(CO)CC[C@H]12. The number of aromatic nitrogens is 4. The maximum absolute atomic E-state index is 10.5. The highest BCUT2D eigenvalue weighted by Gasteiger charge is 2.64. The third kappa shape index (κ3) is 1.55. The van der Waals surface area contributed by atoms with Gasteiger partial charge in [0.1, 0.15) is 11.6 Å². The largest absolute Gasteiger partial charge is 0.396 e. The normalized spacial score (nSPS) is 37.3. The maximum Gasteiger partial charge on any atom is 0.226 e. The molecule has 0 aliphatic heterocycles. The number of nitrogen functional groups attached to an aromatic ring is 1. The van der Waals surface area contributed by atoms with Gasteiger partial charge in [0.2, 0.25) is 5.28 Å². The van der Waals surface area contributed by atoms with Gasteiger partial charge in [0.05, 0.1) is 25.1 Å². The Bertz CT molecular complexity index is 749. The van der Waals surface area contributed by atoms with Crippen LogP contribution in [0.4, 0.5) is 5.82 Å². The third-order valence-electron chi connectivity index (χ3n) is 5.37. The molecule has 0 aromatic carbocycles. The van der Waals surface area contributed by atoms with Crippen LogP contribution in [-0.2, 0) is 0 Å². The molecule has 5 N–H and O–H groups in total. The summed E-state index contributed by atoms with van der Waals surface area (Å²) >= 11 is 5.86. The van der Waals surface area contributed by atoms with Crippen molar-refractivity contribution in [1.29, 1.82) is 0 Å². The summed E-state index contributed by atoms with van der Waals surface area (Å²) in [6, 6.07) is -0.425. The molecule has 4 rings (SSSR count). The highest BCUT2D eigenvalue weighted by atomic mass is 35.5. The fraction of sp³-hybridized carbons (Fsp3) is 0.615. The van der Waals surface area contributed by atoms with Crippen LogP contribution >= 0.6 is 11.6 Å². The number of rotatable bonds is 2. The van der Waals surface area contributed by atoms with E-state index in [0.29, 0.717) is 17.6 Å². The van der Waals surface area contributed by atoms with Crippen molar-refractivity contribution in [2.75, 3.05) is 12.3 Å². The zero-order valence-corrected chi connectivity index (χ0v) is 12.3. The summed E-state index contributed by atoms with van der Waals surface area (Å²) in [6.07, 6.45) is 1.04. The first kappa shape index (κ1) is 14.1. The molecule has 0 bridgehead atoms. The van der Waals surface area contributed by atoms with Gasteiger partial charge in [0.25, 0.3) is 0 Å². The topological polar surface area (TPSA) is 130 Å². The third-order valence-corrected chi connectivity index (χ3v) is 5.54. The summed E-state index contributed by atoms with van der Waals surface area (Å²) in [5.41, 5.74) is 5.98. The first-order valence-electron chi connectivity index (χ1n) is 7.12. The van der Waals surface area contributed by atoms with E-state index in [4.69, 9.17) is 17.3 Å². The summed E-state index contributed by atoms with van der Waals surface area (Å²) < 4.78 is 1.69. The Labute approximate surface area is 130 Å². The van der Waals surface area contributed by atoms with Crippen LogP contribution in [0.2, 0.25) is 5.28 Å². The van der Waals surface area contributed by atoms with Crippen LogP contribution in [0, 0.1) is 11.3 Å². The van der Waals surface area contributed by atoms with Gasteiger partial charge in [-0.05, 0) is 30.4 Å². The van der Waals surface area contributed by atoms with Gasteiger partial charge in [-0.3, -0.25) is 0 Å². The lowest BCUT2D eigenvalue weighted by molar-refractivity contribution is -0.0989. The Kier molecular flexibility index (Phi) is 2.90. The summed E-state index contributed by atoms with van der Waals surface area (Å²) in [7, 11) is 0. The molecule has 0 saturated heterocycles. The Balaban J connectivity index is 1.86. The van der Waals surface area contributed by atoms with Crippen LogP contribution in [-0.4, -0.2) is 53.7 Å². The quantitative estimate of drug-likeness (QED) is 0.559. The van der Waals surface area contributed by atoms with E-state index in [9.17, 15) is 15.3 Å². The standard InChI is InChI=1S/C13H16ClN5O3/c14-12-17-10(15)6-11(18-12)19(4-16-6)7-5-1-2-13(5,3-20)9(22)8(7)21/h4-5,7-9,20-22H,1-3H2,(H2,15,17,18)/t5-,7-,8+,9+,13+/m1/s1. The van der Waals surface area contributed by atoms with Gasteiger partial charge < -0.3 is 25.6 Å². The maximum atomic E-state index is 10.5. The van der Waals surface area contributed by atoms with Gasteiger partial charge in [-0.2, -0.15) is 9.97 Å². The summed E-state index contributed by atoms with van der Waals surface area (Å²) in [5.74, 6) is 0.124. The molecule has 0 amide bonds. The van der Waals surface area contributed by atoms with Crippen LogP contribution in [0.25, 0.3) is 11.2 Å². The van der Waals surface area contributed by atoms with E-state index in [-0.39, 0.29) is 23.6 Å². The van der Waals surface area contributed by atoms with Crippen molar-refractivity contribution in [1.82, 2.24) is 19.5 Å². The minimum atomic E-state index is -1.01. The van der Waals surface area contributed by atoms with Gasteiger partial charge >= 0.3 is 0 Å². The highest BCUT2D eigenvalue weighted by Crippen LogP contribution is 2.61. The molecule has 2 saturated carbocycles. The first-order chi connectivity index (χ1) is 10.5. The van der Waals surface area contributed by atoms with Gasteiger partial charge in [-0.15, -0.1) is 0 Å². The fourth-order valence-corrected chi connectivity index (χ4v) is 4.27. The van der Waals surface area contributed by atoms with E-state index in [2.05, 4.69) is 15.0 Å². The van der Waals surface area contributed by atoms with Crippen LogP contribution in [0.5, 0.6) is 0 Å². The zero-order valence-electron chi connectivity index (χ0n) is 11.6. The fourth-order valence-electron chi connectivity index (χ4n) is 4.10. The van der Waals surface area contributed by atoms with Crippen LogP contribution < -0.4 is 5.73 Å². The molecule has 9 heteroatoms. The molecular weight excluding hydrogens is 310 g/mol. The smallest absolute Gasteiger partial charge is 0.226 e. The number of hydrogen-bond donors (Lipinski definition) is 4. The lowest BCUT2D eigenvalue weighted by atomic mass is 9.60. The Hall–Kier alpha value is -1.48. The Morgan fingerprint density at radius 2 is 2.18 bits per heavy atom. The van der Waals surface area contributed by atoms with E-state index >= 15 is 0 Å². The van der Waals surface area contributed by atoms with Crippen molar-refractivity contribution >= 4 is 28.6 Å². The van der Waals surface area contributed by atoms with Crippen molar-refractivity contribution in [2.24, 2.45) is 11.3 Å². The Morgan fingerprint density at radius 1 is 1.41 bits per heavy atom. The molecule has 2 aliphatic carbocycles. The molecule has 2 aliphatic rings. The second kappa shape index (κ2) is 4.51. The van der Waals surface area contributed by atoms with Crippen LogP contribution in [0.15, 0.2) is 6.33 Å². The molecule has 0 radical (unpaired) electrons. The number of halogens is 1. The molecule has 118 valence electrons.